The van der Waals surface area contributed by atoms with Crippen LogP contribution < -0.4 is 0 Å². The molecule has 0 spiro atoms. The smallest absolute Gasteiger partial charge is 0.186 e. The number of aliphatic hydroxyl groups excluding tert-OH is 4. The zero-order chi connectivity index (χ0) is 13.7. The highest BCUT2D eigenvalue weighted by Gasteiger charge is 2.46. The highest BCUT2D eigenvalue weighted by atomic mass is 16.7. The molecule has 0 unspecified atom stereocenters. The number of rotatable bonds is 7. The molecule has 7 heteroatoms. The first kappa shape index (κ1) is 15.8. The van der Waals surface area contributed by atoms with Crippen LogP contribution in [-0.4, -0.2) is 89.9 Å². The highest BCUT2D eigenvalue weighted by Crippen LogP contribution is 2.24. The summed E-state index contributed by atoms with van der Waals surface area (Å²) in [5, 5.41) is 37.5. The lowest BCUT2D eigenvalue weighted by Crippen LogP contribution is -2.40. The summed E-state index contributed by atoms with van der Waals surface area (Å²) in [5.74, 6) is 0. The SMILES string of the molecule is CN(C)CCCO[C@H]1O[C@H]([C@@H](O)CO)[C@H](O)[C@H]1O. The van der Waals surface area contributed by atoms with E-state index in [1.807, 2.05) is 19.0 Å². The quantitative estimate of drug-likeness (QED) is 0.386. The van der Waals surface area contributed by atoms with Crippen molar-refractivity contribution in [3.05, 3.63) is 0 Å². The molecule has 4 N–H and O–H groups in total. The van der Waals surface area contributed by atoms with Gasteiger partial charge in [0.15, 0.2) is 6.29 Å². The van der Waals surface area contributed by atoms with E-state index in [0.29, 0.717) is 6.61 Å². The molecule has 0 bridgehead atoms. The van der Waals surface area contributed by atoms with Gasteiger partial charge in [-0.2, -0.15) is 0 Å². The second kappa shape index (κ2) is 7.34. The summed E-state index contributed by atoms with van der Waals surface area (Å²) in [6.07, 6.45) is -4.92. The highest BCUT2D eigenvalue weighted by molar-refractivity contribution is 4.90. The number of ether oxygens (including phenoxy) is 2. The molecular weight excluding hydrogens is 242 g/mol. The molecule has 1 rings (SSSR count). The minimum Gasteiger partial charge on any atom is -0.394 e. The lowest BCUT2D eigenvalue weighted by atomic mass is 10.1. The van der Waals surface area contributed by atoms with Crippen molar-refractivity contribution in [3.8, 4) is 0 Å². The molecule has 7 nitrogen and oxygen atoms in total. The summed E-state index contributed by atoms with van der Waals surface area (Å²) in [6, 6.07) is 0. The fourth-order valence-electron chi connectivity index (χ4n) is 1.81. The summed E-state index contributed by atoms with van der Waals surface area (Å²) in [5.41, 5.74) is 0. The topological polar surface area (TPSA) is 103 Å². The lowest BCUT2D eigenvalue weighted by Gasteiger charge is -2.18. The Kier molecular flexibility index (Phi) is 6.44. The zero-order valence-corrected chi connectivity index (χ0v) is 10.8. The average Bonchev–Trinajstić information content (AvgIpc) is 2.61. The molecule has 0 aromatic heterocycles. The van der Waals surface area contributed by atoms with Crippen molar-refractivity contribution in [2.24, 2.45) is 0 Å². The molecule has 1 heterocycles. The molecule has 1 saturated heterocycles. The second-order valence-electron chi connectivity index (χ2n) is 4.73. The number of hydrogen-bond acceptors (Lipinski definition) is 7. The van der Waals surface area contributed by atoms with Crippen LogP contribution in [-0.2, 0) is 9.47 Å². The van der Waals surface area contributed by atoms with Crippen LogP contribution in [0.2, 0.25) is 0 Å². The predicted molar refractivity (Wildman–Crippen MR) is 62.9 cm³/mol. The normalized spacial score (nSPS) is 34.2. The van der Waals surface area contributed by atoms with Crippen LogP contribution in [0.25, 0.3) is 0 Å². The third-order valence-corrected chi connectivity index (χ3v) is 2.85. The largest absolute Gasteiger partial charge is 0.394 e. The Morgan fingerprint density at radius 1 is 1.28 bits per heavy atom. The molecule has 5 atom stereocenters. The Morgan fingerprint density at radius 2 is 1.94 bits per heavy atom. The average molecular weight is 265 g/mol. The van der Waals surface area contributed by atoms with Crippen LogP contribution in [0, 0.1) is 0 Å². The van der Waals surface area contributed by atoms with Gasteiger partial charge >= 0.3 is 0 Å². The van der Waals surface area contributed by atoms with E-state index >= 15 is 0 Å². The standard InChI is InChI=1S/C11H23NO6/c1-12(2)4-3-5-17-11-9(16)8(15)10(18-11)7(14)6-13/h7-11,13-16H,3-6H2,1-2H3/t7-,8+,9+,10+,11-/m0/s1. The van der Waals surface area contributed by atoms with Gasteiger partial charge in [0.05, 0.1) is 13.2 Å². The van der Waals surface area contributed by atoms with Crippen LogP contribution in [0.3, 0.4) is 0 Å². The molecule has 1 fully saturated rings. The fourth-order valence-corrected chi connectivity index (χ4v) is 1.81. The summed E-state index contributed by atoms with van der Waals surface area (Å²) in [4.78, 5) is 2.00. The molecule has 18 heavy (non-hydrogen) atoms. The molecule has 108 valence electrons. The second-order valence-corrected chi connectivity index (χ2v) is 4.73. The number of hydrogen-bond donors (Lipinski definition) is 4. The minimum absolute atomic E-state index is 0.383. The number of nitrogens with zero attached hydrogens (tertiary/aromatic N) is 1. The van der Waals surface area contributed by atoms with E-state index in [9.17, 15) is 15.3 Å². The van der Waals surface area contributed by atoms with Gasteiger partial charge in [0.25, 0.3) is 0 Å². The van der Waals surface area contributed by atoms with Crippen LogP contribution >= 0.6 is 0 Å². The minimum atomic E-state index is -1.26. The van der Waals surface area contributed by atoms with Crippen molar-refractivity contribution in [1.82, 2.24) is 4.90 Å². The van der Waals surface area contributed by atoms with E-state index in [-0.39, 0.29) is 0 Å². The van der Waals surface area contributed by atoms with Crippen LogP contribution in [0.5, 0.6) is 0 Å². The Morgan fingerprint density at radius 3 is 2.50 bits per heavy atom. The number of aliphatic hydroxyl groups is 4. The molecule has 0 amide bonds. The van der Waals surface area contributed by atoms with Gasteiger partial charge in [-0.1, -0.05) is 0 Å². The first-order chi connectivity index (χ1) is 8.47. The summed E-state index contributed by atoms with van der Waals surface area (Å²) in [7, 11) is 3.89. The van der Waals surface area contributed by atoms with Gasteiger partial charge in [0.1, 0.15) is 24.4 Å². The molecular formula is C11H23NO6. The van der Waals surface area contributed by atoms with Gasteiger partial charge in [-0.15, -0.1) is 0 Å². The lowest BCUT2D eigenvalue weighted by molar-refractivity contribution is -0.181. The van der Waals surface area contributed by atoms with Gasteiger partial charge in [0, 0.05) is 0 Å². The first-order valence-electron chi connectivity index (χ1n) is 6.04. The maximum absolute atomic E-state index is 9.68. The predicted octanol–water partition coefficient (Wildman–Crippen LogP) is -2.25. The van der Waals surface area contributed by atoms with E-state index < -0.39 is 37.3 Å². The van der Waals surface area contributed by atoms with E-state index in [0.717, 1.165) is 13.0 Å². The van der Waals surface area contributed by atoms with Crippen LogP contribution in [0.1, 0.15) is 6.42 Å². The molecule has 0 aliphatic carbocycles. The van der Waals surface area contributed by atoms with Crippen LogP contribution in [0.15, 0.2) is 0 Å². The maximum atomic E-state index is 9.68. The third kappa shape index (κ3) is 4.13. The van der Waals surface area contributed by atoms with Crippen molar-refractivity contribution in [2.75, 3.05) is 33.9 Å². The van der Waals surface area contributed by atoms with Gasteiger partial charge in [-0.25, -0.2) is 0 Å². The fraction of sp³-hybridized carbons (Fsp3) is 1.00. The van der Waals surface area contributed by atoms with Crippen molar-refractivity contribution in [3.63, 3.8) is 0 Å². The van der Waals surface area contributed by atoms with E-state index in [1.54, 1.807) is 0 Å². The molecule has 0 radical (unpaired) electrons. The molecule has 0 aromatic carbocycles. The van der Waals surface area contributed by atoms with Gasteiger partial charge in [0.2, 0.25) is 0 Å². The van der Waals surface area contributed by atoms with E-state index in [1.165, 1.54) is 0 Å². The van der Waals surface area contributed by atoms with Gasteiger partial charge in [-0.3, -0.25) is 0 Å². The van der Waals surface area contributed by atoms with Crippen LogP contribution in [0.4, 0.5) is 0 Å². The van der Waals surface area contributed by atoms with Crippen molar-refractivity contribution in [1.29, 1.82) is 0 Å². The van der Waals surface area contributed by atoms with Crippen molar-refractivity contribution >= 4 is 0 Å². The molecule has 1 aliphatic rings. The first-order valence-corrected chi connectivity index (χ1v) is 6.04. The summed E-state index contributed by atoms with van der Waals surface area (Å²) >= 11 is 0. The monoisotopic (exact) mass is 265 g/mol. The zero-order valence-electron chi connectivity index (χ0n) is 10.8. The van der Waals surface area contributed by atoms with Crippen molar-refractivity contribution < 1.29 is 29.9 Å². The van der Waals surface area contributed by atoms with E-state index in [2.05, 4.69) is 0 Å². The van der Waals surface area contributed by atoms with Gasteiger partial charge in [-0.05, 0) is 27.1 Å². The van der Waals surface area contributed by atoms with Gasteiger partial charge < -0.3 is 34.8 Å². The molecule has 1 aliphatic heterocycles. The summed E-state index contributed by atoms with van der Waals surface area (Å²) < 4.78 is 10.5. The third-order valence-electron chi connectivity index (χ3n) is 2.85. The molecule has 0 saturated carbocycles. The van der Waals surface area contributed by atoms with Crippen molar-refractivity contribution in [2.45, 2.75) is 37.1 Å². The Balaban J connectivity index is 2.34. The Bertz CT molecular complexity index is 240. The maximum Gasteiger partial charge on any atom is 0.186 e. The van der Waals surface area contributed by atoms with E-state index in [4.69, 9.17) is 14.6 Å². The molecule has 0 aromatic rings. The Labute approximate surface area is 107 Å². The Hall–Kier alpha value is -0.280. The summed E-state index contributed by atoms with van der Waals surface area (Å²) in [6.45, 7) is 0.685.